The highest BCUT2D eigenvalue weighted by Gasteiger charge is 2.49. The summed E-state index contributed by atoms with van der Waals surface area (Å²) in [6, 6.07) is 1.98. The predicted octanol–water partition coefficient (Wildman–Crippen LogP) is 2.47. The van der Waals surface area contributed by atoms with E-state index in [4.69, 9.17) is 11.6 Å². The molecule has 21 heavy (non-hydrogen) atoms. The van der Waals surface area contributed by atoms with Crippen molar-refractivity contribution < 1.29 is 4.79 Å². The molecule has 0 aromatic carbocycles. The van der Waals surface area contributed by atoms with E-state index in [0.29, 0.717) is 5.02 Å². The Hall–Kier alpha value is -1.13. The fourth-order valence-electron chi connectivity index (χ4n) is 4.13. The molecule has 1 aliphatic carbocycles. The molecule has 0 radical (unpaired) electrons. The van der Waals surface area contributed by atoms with Gasteiger partial charge < -0.3 is 5.32 Å². The number of nitrogens with zero attached hydrogens (tertiary/aromatic N) is 2. The molecule has 1 saturated heterocycles. The third-order valence-electron chi connectivity index (χ3n) is 5.10. The minimum Gasteiger partial charge on any atom is -0.359 e. The molecule has 2 aliphatic rings. The summed E-state index contributed by atoms with van der Waals surface area (Å²) < 4.78 is 0. The quantitative estimate of drug-likeness (QED) is 0.933. The number of carbonyl (C=O) groups is 1. The van der Waals surface area contributed by atoms with Crippen LogP contribution in [0.15, 0.2) is 18.5 Å². The summed E-state index contributed by atoms with van der Waals surface area (Å²) in [5.41, 5.74) is 1.33. The average molecular weight is 308 g/mol. The maximum absolute atomic E-state index is 12.1. The molecule has 114 valence electrons. The van der Waals surface area contributed by atoms with Crippen molar-refractivity contribution in [3.63, 3.8) is 0 Å². The van der Waals surface area contributed by atoms with Crippen molar-refractivity contribution in [2.24, 2.45) is 11.3 Å². The molecule has 1 aliphatic heterocycles. The highest BCUT2D eigenvalue weighted by molar-refractivity contribution is 6.30. The van der Waals surface area contributed by atoms with Gasteiger partial charge in [-0.2, -0.15) is 0 Å². The lowest BCUT2D eigenvalue weighted by Gasteiger charge is -2.30. The van der Waals surface area contributed by atoms with Gasteiger partial charge in [-0.1, -0.05) is 18.0 Å². The largest absolute Gasteiger partial charge is 0.359 e. The molecule has 0 unspecified atom stereocenters. The first-order valence-corrected chi connectivity index (χ1v) is 8.04. The first-order chi connectivity index (χ1) is 10.1. The lowest BCUT2D eigenvalue weighted by atomic mass is 9.76. The van der Waals surface area contributed by atoms with E-state index in [-0.39, 0.29) is 17.2 Å². The van der Waals surface area contributed by atoms with E-state index in [0.717, 1.165) is 38.0 Å². The van der Waals surface area contributed by atoms with Gasteiger partial charge in [0.2, 0.25) is 5.91 Å². The van der Waals surface area contributed by atoms with Gasteiger partial charge in [-0.25, -0.2) is 0 Å². The van der Waals surface area contributed by atoms with Gasteiger partial charge in [0.15, 0.2) is 0 Å². The first-order valence-electron chi connectivity index (χ1n) is 7.66. The molecule has 4 nitrogen and oxygen atoms in total. The number of hydrogen-bond acceptors (Lipinski definition) is 3. The predicted molar refractivity (Wildman–Crippen MR) is 83.0 cm³/mol. The summed E-state index contributed by atoms with van der Waals surface area (Å²) in [5.74, 6) is 0.406. The Bertz CT molecular complexity index is 536. The minimum absolute atomic E-state index is 0.185. The smallest absolute Gasteiger partial charge is 0.223 e. The van der Waals surface area contributed by atoms with Crippen molar-refractivity contribution in [1.82, 2.24) is 15.2 Å². The second kappa shape index (κ2) is 5.93. The van der Waals surface area contributed by atoms with E-state index in [9.17, 15) is 4.79 Å². The molecular weight excluding hydrogens is 286 g/mol. The van der Waals surface area contributed by atoms with Crippen LogP contribution in [0, 0.1) is 11.3 Å². The summed E-state index contributed by atoms with van der Waals surface area (Å²) in [5, 5.41) is 3.53. The van der Waals surface area contributed by atoms with Crippen LogP contribution in [0.3, 0.4) is 0 Å². The number of nitrogens with one attached hydrogen (secondary N) is 1. The van der Waals surface area contributed by atoms with E-state index >= 15 is 0 Å². The van der Waals surface area contributed by atoms with Crippen molar-refractivity contribution in [1.29, 1.82) is 0 Å². The SMILES string of the molecule is CNC(=O)[C@H]1CCC[C@]12CCN(Cc1cncc(Cl)c1)C2. The molecular formula is C16H22ClN3O. The van der Waals surface area contributed by atoms with Crippen LogP contribution in [0.5, 0.6) is 0 Å². The van der Waals surface area contributed by atoms with E-state index in [1.165, 1.54) is 12.8 Å². The molecule has 1 saturated carbocycles. The Labute approximate surface area is 130 Å². The fraction of sp³-hybridized carbons (Fsp3) is 0.625. The molecule has 1 N–H and O–H groups in total. The van der Waals surface area contributed by atoms with Crippen LogP contribution in [0.4, 0.5) is 0 Å². The van der Waals surface area contributed by atoms with Crippen LogP contribution in [0.2, 0.25) is 5.02 Å². The van der Waals surface area contributed by atoms with Crippen LogP contribution in [0.1, 0.15) is 31.2 Å². The van der Waals surface area contributed by atoms with E-state index < -0.39 is 0 Å². The van der Waals surface area contributed by atoms with Gasteiger partial charge in [-0.05, 0) is 42.9 Å². The summed E-state index contributed by atoms with van der Waals surface area (Å²) in [6.07, 6.45) is 8.04. The Morgan fingerprint density at radius 3 is 3.14 bits per heavy atom. The Morgan fingerprint density at radius 1 is 1.52 bits per heavy atom. The fourth-order valence-corrected chi connectivity index (χ4v) is 4.33. The number of rotatable bonds is 3. The number of likely N-dealkylation sites (tertiary alicyclic amines) is 1. The molecule has 0 bridgehead atoms. The number of aromatic nitrogens is 1. The molecule has 2 fully saturated rings. The Kier molecular flexibility index (Phi) is 4.18. The minimum atomic E-state index is 0.185. The van der Waals surface area contributed by atoms with E-state index in [1.54, 1.807) is 13.2 Å². The summed E-state index contributed by atoms with van der Waals surface area (Å²) >= 11 is 6.00. The lowest BCUT2D eigenvalue weighted by molar-refractivity contribution is -0.127. The zero-order chi connectivity index (χ0) is 14.9. The molecule has 1 amide bonds. The second-order valence-corrected chi connectivity index (χ2v) is 6.83. The van der Waals surface area contributed by atoms with Crippen LogP contribution in [-0.4, -0.2) is 35.9 Å². The zero-order valence-electron chi connectivity index (χ0n) is 12.4. The normalized spacial score (nSPS) is 29.1. The summed E-state index contributed by atoms with van der Waals surface area (Å²) in [4.78, 5) is 18.7. The van der Waals surface area contributed by atoms with Crippen LogP contribution >= 0.6 is 11.6 Å². The van der Waals surface area contributed by atoms with Gasteiger partial charge in [-0.15, -0.1) is 0 Å². The highest BCUT2D eigenvalue weighted by atomic mass is 35.5. The molecule has 1 aromatic rings. The van der Waals surface area contributed by atoms with Gasteiger partial charge >= 0.3 is 0 Å². The van der Waals surface area contributed by atoms with Crippen molar-refractivity contribution in [2.75, 3.05) is 20.1 Å². The Morgan fingerprint density at radius 2 is 2.38 bits per heavy atom. The number of pyridine rings is 1. The maximum atomic E-state index is 12.1. The van der Waals surface area contributed by atoms with Gasteiger partial charge in [-0.3, -0.25) is 14.7 Å². The van der Waals surface area contributed by atoms with Gasteiger partial charge in [0.25, 0.3) is 0 Å². The van der Waals surface area contributed by atoms with Crippen LogP contribution in [0.25, 0.3) is 0 Å². The molecule has 1 aromatic heterocycles. The first kappa shape index (κ1) is 14.8. The van der Waals surface area contributed by atoms with Crippen molar-refractivity contribution in [3.05, 3.63) is 29.0 Å². The second-order valence-electron chi connectivity index (χ2n) is 6.39. The third kappa shape index (κ3) is 2.92. The zero-order valence-corrected chi connectivity index (χ0v) is 13.2. The number of halogens is 1. The maximum Gasteiger partial charge on any atom is 0.223 e. The molecule has 3 rings (SSSR count). The monoisotopic (exact) mass is 307 g/mol. The average Bonchev–Trinajstić information content (AvgIpc) is 3.06. The molecule has 2 atom stereocenters. The number of hydrogen-bond donors (Lipinski definition) is 1. The molecule has 5 heteroatoms. The van der Waals surface area contributed by atoms with Crippen LogP contribution < -0.4 is 5.32 Å². The van der Waals surface area contributed by atoms with E-state index in [2.05, 4.69) is 15.2 Å². The Balaban J connectivity index is 1.68. The van der Waals surface area contributed by atoms with Crippen LogP contribution in [-0.2, 0) is 11.3 Å². The third-order valence-corrected chi connectivity index (χ3v) is 5.31. The standard InChI is InChI=1S/C16H22ClN3O/c1-18-15(21)14-3-2-4-16(14)5-6-20(11-16)10-12-7-13(17)9-19-8-12/h7-9,14H,2-6,10-11H2,1H3,(H,18,21)/t14-,16-/m1/s1. The molecule has 2 heterocycles. The van der Waals surface area contributed by atoms with Gasteiger partial charge in [0, 0.05) is 38.4 Å². The molecule has 1 spiro atoms. The van der Waals surface area contributed by atoms with E-state index in [1.807, 2.05) is 12.3 Å². The lowest BCUT2D eigenvalue weighted by Crippen LogP contribution is -2.39. The number of amides is 1. The summed E-state index contributed by atoms with van der Waals surface area (Å²) in [7, 11) is 1.75. The van der Waals surface area contributed by atoms with Crippen molar-refractivity contribution >= 4 is 17.5 Å². The highest BCUT2D eigenvalue weighted by Crippen LogP contribution is 2.50. The van der Waals surface area contributed by atoms with Crippen molar-refractivity contribution in [3.8, 4) is 0 Å². The topological polar surface area (TPSA) is 45.2 Å². The van der Waals surface area contributed by atoms with Crippen molar-refractivity contribution in [2.45, 2.75) is 32.2 Å². The van der Waals surface area contributed by atoms with Gasteiger partial charge in [0.05, 0.1) is 5.02 Å². The number of carbonyl (C=O) groups excluding carboxylic acids is 1. The van der Waals surface area contributed by atoms with Gasteiger partial charge in [0.1, 0.15) is 0 Å². The summed E-state index contributed by atoms with van der Waals surface area (Å²) in [6.45, 7) is 2.94.